The number of carbonyl (C=O) groups is 2. The van der Waals surface area contributed by atoms with Crippen molar-refractivity contribution in [3.8, 4) is 0 Å². The number of ether oxygens (including phenoxy) is 1. The lowest BCUT2D eigenvalue weighted by molar-refractivity contribution is -0.116. The van der Waals surface area contributed by atoms with E-state index in [-0.39, 0.29) is 5.91 Å². The lowest BCUT2D eigenvalue weighted by Crippen LogP contribution is -2.12. The van der Waals surface area contributed by atoms with E-state index in [1.165, 1.54) is 12.7 Å². The number of amides is 1. The van der Waals surface area contributed by atoms with Crippen molar-refractivity contribution in [2.75, 3.05) is 12.4 Å². The zero-order valence-corrected chi connectivity index (χ0v) is 13.6. The Morgan fingerprint density at radius 1 is 1.32 bits per heavy atom. The Morgan fingerprint density at radius 2 is 2.09 bits per heavy atom. The molecule has 6 heteroatoms. The minimum atomic E-state index is -0.435. The maximum Gasteiger partial charge on any atom is 0.350 e. The summed E-state index contributed by atoms with van der Waals surface area (Å²) < 4.78 is 4.67. The van der Waals surface area contributed by atoms with Crippen LogP contribution in [0.5, 0.6) is 0 Å². The SMILES string of the molecule is COC(=O)c1sc(NC(=O)CCc2cccc(C)c2)nc1C. The standard InChI is InChI=1S/C16H18N2O3S/c1-10-5-4-6-12(9-10)7-8-13(19)18-16-17-11(2)14(22-16)15(20)21-3/h4-6,9H,7-8H2,1-3H3,(H,17,18,19). The van der Waals surface area contributed by atoms with Crippen LogP contribution < -0.4 is 5.32 Å². The second-order valence-corrected chi connectivity index (χ2v) is 5.96. The summed E-state index contributed by atoms with van der Waals surface area (Å²) >= 11 is 1.13. The average Bonchev–Trinajstić information content (AvgIpc) is 2.85. The number of aromatic nitrogens is 1. The number of thiazole rings is 1. The van der Waals surface area contributed by atoms with Gasteiger partial charge in [-0.1, -0.05) is 41.2 Å². The van der Waals surface area contributed by atoms with Gasteiger partial charge in [0.15, 0.2) is 5.13 Å². The van der Waals surface area contributed by atoms with Gasteiger partial charge in [-0.3, -0.25) is 4.79 Å². The third-order valence-electron chi connectivity index (χ3n) is 3.14. The number of hydrogen-bond acceptors (Lipinski definition) is 5. The number of nitrogens with one attached hydrogen (secondary N) is 1. The first kappa shape index (κ1) is 16.2. The van der Waals surface area contributed by atoms with Crippen molar-refractivity contribution in [1.29, 1.82) is 0 Å². The molecule has 1 amide bonds. The van der Waals surface area contributed by atoms with Gasteiger partial charge < -0.3 is 10.1 Å². The first-order valence-corrected chi connectivity index (χ1v) is 7.72. The van der Waals surface area contributed by atoms with Crippen LogP contribution >= 0.6 is 11.3 Å². The highest BCUT2D eigenvalue weighted by atomic mass is 32.1. The van der Waals surface area contributed by atoms with Crippen molar-refractivity contribution in [3.63, 3.8) is 0 Å². The average molecular weight is 318 g/mol. The van der Waals surface area contributed by atoms with Crippen LogP contribution in [-0.2, 0) is 16.0 Å². The van der Waals surface area contributed by atoms with Crippen LogP contribution in [0.25, 0.3) is 0 Å². The molecule has 0 fully saturated rings. The van der Waals surface area contributed by atoms with Crippen molar-refractivity contribution in [1.82, 2.24) is 4.98 Å². The van der Waals surface area contributed by atoms with Gasteiger partial charge >= 0.3 is 5.97 Å². The molecule has 5 nitrogen and oxygen atoms in total. The fraction of sp³-hybridized carbons (Fsp3) is 0.312. The zero-order valence-electron chi connectivity index (χ0n) is 12.8. The Labute approximate surface area is 133 Å². The molecule has 0 saturated carbocycles. The normalized spacial score (nSPS) is 10.3. The van der Waals surface area contributed by atoms with E-state index in [0.29, 0.717) is 28.5 Å². The van der Waals surface area contributed by atoms with Crippen molar-refractivity contribution in [2.45, 2.75) is 26.7 Å². The van der Waals surface area contributed by atoms with E-state index in [1.54, 1.807) is 6.92 Å². The molecule has 1 aromatic heterocycles. The van der Waals surface area contributed by atoms with Gasteiger partial charge in [-0.05, 0) is 25.8 Å². The molecule has 2 rings (SSSR count). The van der Waals surface area contributed by atoms with E-state index < -0.39 is 5.97 Å². The molecule has 0 bridgehead atoms. The van der Waals surface area contributed by atoms with E-state index >= 15 is 0 Å². The largest absolute Gasteiger partial charge is 0.465 e. The van der Waals surface area contributed by atoms with Crippen molar-refractivity contribution < 1.29 is 14.3 Å². The number of hydrogen-bond donors (Lipinski definition) is 1. The minimum Gasteiger partial charge on any atom is -0.465 e. The Balaban J connectivity index is 1.93. The topological polar surface area (TPSA) is 68.3 Å². The number of methoxy groups -OCH3 is 1. The number of rotatable bonds is 5. The molecule has 0 radical (unpaired) electrons. The lowest BCUT2D eigenvalue weighted by atomic mass is 10.1. The van der Waals surface area contributed by atoms with Crippen LogP contribution in [0.1, 0.15) is 32.9 Å². The van der Waals surface area contributed by atoms with Gasteiger partial charge in [-0.2, -0.15) is 0 Å². The molecule has 0 saturated heterocycles. The molecule has 0 aliphatic rings. The molecule has 0 spiro atoms. The third-order valence-corrected chi connectivity index (χ3v) is 4.19. The summed E-state index contributed by atoms with van der Waals surface area (Å²) in [6.07, 6.45) is 1.04. The summed E-state index contributed by atoms with van der Waals surface area (Å²) in [5.74, 6) is -0.554. The van der Waals surface area contributed by atoms with E-state index in [1.807, 2.05) is 25.1 Å². The van der Waals surface area contributed by atoms with Crippen molar-refractivity contribution in [2.24, 2.45) is 0 Å². The van der Waals surface area contributed by atoms with Crippen molar-refractivity contribution >= 4 is 28.3 Å². The molecule has 22 heavy (non-hydrogen) atoms. The summed E-state index contributed by atoms with van der Waals surface area (Å²) in [5, 5.41) is 3.15. The highest BCUT2D eigenvalue weighted by Gasteiger charge is 2.16. The summed E-state index contributed by atoms with van der Waals surface area (Å²) in [4.78, 5) is 28.1. The fourth-order valence-electron chi connectivity index (χ4n) is 2.04. The summed E-state index contributed by atoms with van der Waals surface area (Å²) in [6.45, 7) is 3.74. The predicted octanol–water partition coefficient (Wildman–Crippen LogP) is 3.12. The Morgan fingerprint density at radius 3 is 2.77 bits per heavy atom. The molecule has 2 aromatic rings. The number of aryl methyl sites for hydroxylation is 3. The Kier molecular flexibility index (Phi) is 5.27. The highest BCUT2D eigenvalue weighted by molar-refractivity contribution is 7.17. The number of benzene rings is 1. The van der Waals surface area contributed by atoms with Gasteiger partial charge in [0.1, 0.15) is 4.88 Å². The third kappa shape index (κ3) is 4.14. The Bertz CT molecular complexity index is 694. The van der Waals surface area contributed by atoms with Crippen LogP contribution in [0, 0.1) is 13.8 Å². The number of anilines is 1. The fourth-order valence-corrected chi connectivity index (χ4v) is 2.94. The van der Waals surface area contributed by atoms with Crippen molar-refractivity contribution in [3.05, 3.63) is 46.0 Å². The second kappa shape index (κ2) is 7.17. The molecule has 0 aliphatic carbocycles. The molecular formula is C16H18N2O3S. The van der Waals surface area contributed by atoms with E-state index in [2.05, 4.69) is 21.1 Å². The van der Waals surface area contributed by atoms with Crippen LogP contribution in [0.15, 0.2) is 24.3 Å². The minimum absolute atomic E-state index is 0.119. The smallest absolute Gasteiger partial charge is 0.350 e. The number of carbonyl (C=O) groups excluding carboxylic acids is 2. The molecule has 1 heterocycles. The maximum absolute atomic E-state index is 12.0. The number of nitrogens with zero attached hydrogens (tertiary/aromatic N) is 1. The first-order valence-electron chi connectivity index (χ1n) is 6.90. The van der Waals surface area contributed by atoms with Crippen LogP contribution in [0.3, 0.4) is 0 Å². The van der Waals surface area contributed by atoms with Gasteiger partial charge in [0, 0.05) is 6.42 Å². The summed E-state index contributed by atoms with van der Waals surface area (Å²) in [7, 11) is 1.32. The second-order valence-electron chi connectivity index (χ2n) is 4.96. The monoisotopic (exact) mass is 318 g/mol. The summed E-state index contributed by atoms with van der Waals surface area (Å²) in [6, 6.07) is 8.07. The van der Waals surface area contributed by atoms with E-state index in [0.717, 1.165) is 16.9 Å². The van der Waals surface area contributed by atoms with Gasteiger partial charge in [-0.25, -0.2) is 9.78 Å². The van der Waals surface area contributed by atoms with E-state index in [4.69, 9.17) is 0 Å². The molecule has 116 valence electrons. The first-order chi connectivity index (χ1) is 10.5. The van der Waals surface area contributed by atoms with Gasteiger partial charge in [-0.15, -0.1) is 0 Å². The number of esters is 1. The molecule has 1 N–H and O–H groups in total. The molecule has 0 aliphatic heterocycles. The maximum atomic E-state index is 12.0. The zero-order chi connectivity index (χ0) is 16.1. The lowest BCUT2D eigenvalue weighted by Gasteiger charge is -2.03. The van der Waals surface area contributed by atoms with E-state index in [9.17, 15) is 9.59 Å². The quantitative estimate of drug-likeness (QED) is 0.860. The molecule has 0 unspecified atom stereocenters. The molecular weight excluding hydrogens is 300 g/mol. The van der Waals surface area contributed by atoms with Crippen LogP contribution in [0.4, 0.5) is 5.13 Å². The molecule has 1 aromatic carbocycles. The van der Waals surface area contributed by atoms with Gasteiger partial charge in [0.25, 0.3) is 0 Å². The van der Waals surface area contributed by atoms with Gasteiger partial charge in [0.2, 0.25) is 5.91 Å². The van der Waals surface area contributed by atoms with Crippen LogP contribution in [-0.4, -0.2) is 24.0 Å². The molecule has 0 atom stereocenters. The van der Waals surface area contributed by atoms with Gasteiger partial charge in [0.05, 0.1) is 12.8 Å². The Hall–Kier alpha value is -2.21. The summed E-state index contributed by atoms with van der Waals surface area (Å²) in [5.41, 5.74) is 2.86. The highest BCUT2D eigenvalue weighted by Crippen LogP contribution is 2.23. The predicted molar refractivity (Wildman–Crippen MR) is 86.3 cm³/mol. The van der Waals surface area contributed by atoms with Crippen LogP contribution in [0.2, 0.25) is 0 Å².